The van der Waals surface area contributed by atoms with Crippen molar-refractivity contribution >= 4 is 11.8 Å². The van der Waals surface area contributed by atoms with Gasteiger partial charge in [0.15, 0.2) is 0 Å². The van der Waals surface area contributed by atoms with Crippen LogP contribution in [0.5, 0.6) is 0 Å². The third-order valence-corrected chi connectivity index (χ3v) is 3.32. The molecule has 0 aliphatic rings. The largest absolute Gasteiger partial charge is 0.419 e. The molecule has 0 aliphatic carbocycles. The number of nitrogens with one attached hydrogen (secondary N) is 2. The predicted molar refractivity (Wildman–Crippen MR) is 84.8 cm³/mol. The third kappa shape index (κ3) is 4.53. The molecule has 2 heterocycles. The molecule has 0 saturated heterocycles. The van der Waals surface area contributed by atoms with E-state index in [1.807, 2.05) is 13.8 Å². The van der Waals surface area contributed by atoms with E-state index < -0.39 is 11.7 Å². The SMILES string of the molecule is CCc1nnc(NCCNc2ncccc2C(F)(F)F)nc1CC. The van der Waals surface area contributed by atoms with Gasteiger partial charge in [0.05, 0.1) is 17.0 Å². The summed E-state index contributed by atoms with van der Waals surface area (Å²) in [5.41, 5.74) is 0.931. The number of anilines is 2. The van der Waals surface area contributed by atoms with Gasteiger partial charge in [-0.3, -0.25) is 0 Å². The number of nitrogens with zero attached hydrogens (tertiary/aromatic N) is 4. The van der Waals surface area contributed by atoms with Crippen molar-refractivity contribution in [2.75, 3.05) is 23.7 Å². The van der Waals surface area contributed by atoms with Gasteiger partial charge in [0.25, 0.3) is 0 Å². The van der Waals surface area contributed by atoms with Gasteiger partial charge in [-0.1, -0.05) is 13.8 Å². The molecule has 0 bridgehead atoms. The number of aryl methyl sites for hydroxylation is 2. The number of hydrogen-bond acceptors (Lipinski definition) is 6. The molecule has 0 unspecified atom stereocenters. The highest BCUT2D eigenvalue weighted by Crippen LogP contribution is 2.33. The summed E-state index contributed by atoms with van der Waals surface area (Å²) < 4.78 is 38.6. The Hall–Kier alpha value is -2.45. The highest BCUT2D eigenvalue weighted by atomic mass is 19.4. The molecule has 6 nitrogen and oxygen atoms in total. The molecule has 2 rings (SSSR count). The van der Waals surface area contributed by atoms with Crippen LogP contribution in [0.4, 0.5) is 24.9 Å². The highest BCUT2D eigenvalue weighted by Gasteiger charge is 2.33. The van der Waals surface area contributed by atoms with Gasteiger partial charge in [0.2, 0.25) is 5.95 Å². The molecule has 24 heavy (non-hydrogen) atoms. The summed E-state index contributed by atoms with van der Waals surface area (Å²) in [7, 11) is 0. The number of alkyl halides is 3. The molecule has 0 atom stereocenters. The van der Waals surface area contributed by atoms with Crippen LogP contribution >= 0.6 is 0 Å². The molecule has 0 aromatic carbocycles. The minimum absolute atomic E-state index is 0.193. The summed E-state index contributed by atoms with van der Waals surface area (Å²) in [6, 6.07) is 2.25. The smallest absolute Gasteiger partial charge is 0.368 e. The van der Waals surface area contributed by atoms with E-state index in [0.29, 0.717) is 12.5 Å². The summed E-state index contributed by atoms with van der Waals surface area (Å²) in [6.07, 6.45) is -1.63. The fourth-order valence-corrected chi connectivity index (χ4v) is 2.14. The van der Waals surface area contributed by atoms with Crippen molar-refractivity contribution in [3.05, 3.63) is 35.3 Å². The standard InChI is InChI=1S/C15H19F3N6/c1-3-11-12(4-2)23-24-14(22-11)21-9-8-20-13-10(15(16,17)18)6-5-7-19-13/h5-7H,3-4,8-9H2,1-2H3,(H,19,20)(H,21,22,24). The molecule has 0 spiro atoms. The zero-order chi connectivity index (χ0) is 17.6. The summed E-state index contributed by atoms with van der Waals surface area (Å²) in [5, 5.41) is 13.7. The highest BCUT2D eigenvalue weighted by molar-refractivity contribution is 5.45. The van der Waals surface area contributed by atoms with Gasteiger partial charge in [-0.15, -0.1) is 5.10 Å². The molecule has 130 valence electrons. The molecule has 2 aromatic heterocycles. The molecular formula is C15H19F3N6. The molecule has 2 aromatic rings. The number of rotatable bonds is 7. The molecule has 2 N–H and O–H groups in total. The second-order valence-corrected chi connectivity index (χ2v) is 4.99. The topological polar surface area (TPSA) is 75.6 Å². The minimum atomic E-state index is -4.44. The molecule has 9 heteroatoms. The lowest BCUT2D eigenvalue weighted by Gasteiger charge is -2.13. The second kappa shape index (κ2) is 7.89. The average molecular weight is 340 g/mol. The Kier molecular flexibility index (Phi) is 5.88. The first kappa shape index (κ1) is 17.9. The zero-order valence-electron chi connectivity index (χ0n) is 13.5. The Bertz CT molecular complexity index is 674. The maximum Gasteiger partial charge on any atom is 0.419 e. The van der Waals surface area contributed by atoms with Gasteiger partial charge in [0.1, 0.15) is 5.82 Å². The Morgan fingerprint density at radius 1 is 1.00 bits per heavy atom. The fourth-order valence-electron chi connectivity index (χ4n) is 2.14. The van der Waals surface area contributed by atoms with Crippen molar-refractivity contribution < 1.29 is 13.2 Å². The normalized spacial score (nSPS) is 11.4. The van der Waals surface area contributed by atoms with Crippen LogP contribution in [-0.2, 0) is 19.0 Å². The monoisotopic (exact) mass is 340 g/mol. The van der Waals surface area contributed by atoms with E-state index in [-0.39, 0.29) is 12.4 Å². The Balaban J connectivity index is 1.92. The molecule has 0 radical (unpaired) electrons. The summed E-state index contributed by atoms with van der Waals surface area (Å²) in [5.74, 6) is 0.171. The van der Waals surface area contributed by atoms with E-state index in [2.05, 4.69) is 30.8 Å². The molecule has 0 saturated carbocycles. The predicted octanol–water partition coefficient (Wildman–Crippen LogP) is 2.93. The molecule has 0 amide bonds. The zero-order valence-corrected chi connectivity index (χ0v) is 13.5. The van der Waals surface area contributed by atoms with Gasteiger partial charge in [-0.05, 0) is 25.0 Å². The molecule has 0 aliphatic heterocycles. The number of halogens is 3. The maximum atomic E-state index is 12.9. The van der Waals surface area contributed by atoms with Crippen LogP contribution in [-0.4, -0.2) is 33.3 Å². The van der Waals surface area contributed by atoms with E-state index in [9.17, 15) is 13.2 Å². The van der Waals surface area contributed by atoms with Gasteiger partial charge in [-0.25, -0.2) is 9.97 Å². The van der Waals surface area contributed by atoms with Gasteiger partial charge in [-0.2, -0.15) is 18.3 Å². The van der Waals surface area contributed by atoms with Crippen LogP contribution in [0.3, 0.4) is 0 Å². The van der Waals surface area contributed by atoms with Gasteiger partial charge >= 0.3 is 6.18 Å². The minimum Gasteiger partial charge on any atom is -0.368 e. The van der Waals surface area contributed by atoms with Crippen molar-refractivity contribution in [1.29, 1.82) is 0 Å². The van der Waals surface area contributed by atoms with Crippen molar-refractivity contribution in [2.45, 2.75) is 32.9 Å². The van der Waals surface area contributed by atoms with Gasteiger partial charge in [0, 0.05) is 19.3 Å². The van der Waals surface area contributed by atoms with Crippen LogP contribution in [0.1, 0.15) is 30.8 Å². The Morgan fingerprint density at radius 2 is 1.71 bits per heavy atom. The molecule has 0 fully saturated rings. The fraction of sp³-hybridized carbons (Fsp3) is 0.467. The van der Waals surface area contributed by atoms with Crippen LogP contribution in [0.2, 0.25) is 0 Å². The van der Waals surface area contributed by atoms with E-state index in [0.717, 1.165) is 30.3 Å². The van der Waals surface area contributed by atoms with E-state index in [1.54, 1.807) is 0 Å². The Morgan fingerprint density at radius 3 is 2.38 bits per heavy atom. The summed E-state index contributed by atoms with van der Waals surface area (Å²) >= 11 is 0. The van der Waals surface area contributed by atoms with Crippen molar-refractivity contribution in [3.63, 3.8) is 0 Å². The van der Waals surface area contributed by atoms with Crippen molar-refractivity contribution in [2.24, 2.45) is 0 Å². The first-order valence-electron chi connectivity index (χ1n) is 7.68. The van der Waals surface area contributed by atoms with Crippen LogP contribution in [0.15, 0.2) is 18.3 Å². The Labute approximate surface area is 137 Å². The average Bonchev–Trinajstić information content (AvgIpc) is 2.58. The van der Waals surface area contributed by atoms with Gasteiger partial charge < -0.3 is 10.6 Å². The maximum absolute atomic E-state index is 12.9. The lowest BCUT2D eigenvalue weighted by atomic mass is 10.2. The quantitative estimate of drug-likeness (QED) is 0.755. The lowest BCUT2D eigenvalue weighted by molar-refractivity contribution is -0.137. The van der Waals surface area contributed by atoms with Crippen LogP contribution < -0.4 is 10.6 Å². The number of pyridine rings is 1. The number of hydrogen-bond donors (Lipinski definition) is 2. The summed E-state index contributed by atoms with van der Waals surface area (Å²) in [6.45, 7) is 4.53. The third-order valence-electron chi connectivity index (χ3n) is 3.32. The van der Waals surface area contributed by atoms with Crippen LogP contribution in [0, 0.1) is 0 Å². The van der Waals surface area contributed by atoms with Crippen molar-refractivity contribution in [3.8, 4) is 0 Å². The van der Waals surface area contributed by atoms with Crippen molar-refractivity contribution in [1.82, 2.24) is 20.2 Å². The first-order chi connectivity index (χ1) is 11.5. The molecular weight excluding hydrogens is 321 g/mol. The van der Waals surface area contributed by atoms with Crippen LogP contribution in [0.25, 0.3) is 0 Å². The lowest BCUT2D eigenvalue weighted by Crippen LogP contribution is -2.19. The number of aromatic nitrogens is 4. The van der Waals surface area contributed by atoms with E-state index >= 15 is 0 Å². The second-order valence-electron chi connectivity index (χ2n) is 4.99. The summed E-state index contributed by atoms with van der Waals surface area (Å²) in [4.78, 5) is 8.09. The first-order valence-corrected chi connectivity index (χ1v) is 7.68. The van der Waals surface area contributed by atoms with E-state index in [4.69, 9.17) is 0 Å². The van der Waals surface area contributed by atoms with E-state index in [1.165, 1.54) is 12.3 Å².